The Bertz CT molecular complexity index is 667. The number of esters is 2. The van der Waals surface area contributed by atoms with Gasteiger partial charge in [0.2, 0.25) is 0 Å². The smallest absolute Gasteiger partial charge is 0.330 e. The largest absolute Gasteiger partial charge is 0.466 e. The predicted octanol–water partition coefficient (Wildman–Crippen LogP) is 3.91. The molecule has 1 heterocycles. The van der Waals surface area contributed by atoms with Gasteiger partial charge < -0.3 is 18.9 Å². The van der Waals surface area contributed by atoms with E-state index < -0.39 is 12.1 Å². The third-order valence-electron chi connectivity index (χ3n) is 4.08. The lowest BCUT2D eigenvalue weighted by atomic mass is 10.2. The first-order valence-electron chi connectivity index (χ1n) is 9.69. The number of carbonyl (C=O) groups is 2. The molecule has 0 aromatic heterocycles. The van der Waals surface area contributed by atoms with E-state index in [1.807, 2.05) is 42.5 Å². The molecule has 0 spiro atoms. The second-order valence-electron chi connectivity index (χ2n) is 6.35. The molecule has 158 valence electrons. The van der Waals surface area contributed by atoms with Crippen molar-refractivity contribution in [3.63, 3.8) is 0 Å². The molecular formula is C22H28O6S. The van der Waals surface area contributed by atoms with Gasteiger partial charge in [0.1, 0.15) is 6.10 Å². The van der Waals surface area contributed by atoms with Gasteiger partial charge in [0.05, 0.1) is 19.5 Å². The molecule has 2 rings (SSSR count). The van der Waals surface area contributed by atoms with Crippen LogP contribution in [0.5, 0.6) is 0 Å². The Morgan fingerprint density at radius 2 is 2.07 bits per heavy atom. The van der Waals surface area contributed by atoms with Crippen LogP contribution in [0.15, 0.2) is 59.5 Å². The minimum atomic E-state index is -0.555. The summed E-state index contributed by atoms with van der Waals surface area (Å²) in [5.41, 5.74) is 0. The Balaban J connectivity index is 1.78. The summed E-state index contributed by atoms with van der Waals surface area (Å²) in [5, 5.41) is 0. The zero-order chi connectivity index (χ0) is 20.7. The molecule has 1 aromatic rings. The maximum absolute atomic E-state index is 12.2. The van der Waals surface area contributed by atoms with E-state index >= 15 is 0 Å². The van der Waals surface area contributed by atoms with Gasteiger partial charge in [-0.1, -0.05) is 30.4 Å². The summed E-state index contributed by atoms with van der Waals surface area (Å²) in [6.45, 7) is 1.17. The van der Waals surface area contributed by atoms with Crippen molar-refractivity contribution in [1.29, 1.82) is 0 Å². The van der Waals surface area contributed by atoms with Crippen molar-refractivity contribution in [3.8, 4) is 0 Å². The zero-order valence-electron chi connectivity index (χ0n) is 16.7. The number of hydrogen-bond acceptors (Lipinski definition) is 7. The average Bonchev–Trinajstić information content (AvgIpc) is 2.76. The van der Waals surface area contributed by atoms with Gasteiger partial charge in [-0.05, 0) is 37.5 Å². The Hall–Kier alpha value is -2.09. The van der Waals surface area contributed by atoms with Crippen molar-refractivity contribution in [2.75, 3.05) is 26.1 Å². The normalized spacial score (nSPS) is 18.0. The van der Waals surface area contributed by atoms with Gasteiger partial charge in [-0.25, -0.2) is 4.79 Å². The molecule has 1 unspecified atom stereocenters. The molecule has 1 saturated heterocycles. The molecular weight excluding hydrogens is 392 g/mol. The first-order valence-corrected chi connectivity index (χ1v) is 10.7. The lowest BCUT2D eigenvalue weighted by molar-refractivity contribution is -0.155. The van der Waals surface area contributed by atoms with E-state index in [4.69, 9.17) is 14.2 Å². The maximum atomic E-state index is 12.2. The molecule has 2 atom stereocenters. The fourth-order valence-electron chi connectivity index (χ4n) is 2.59. The zero-order valence-corrected chi connectivity index (χ0v) is 17.5. The molecule has 0 bridgehead atoms. The van der Waals surface area contributed by atoms with Crippen LogP contribution in [0, 0.1) is 0 Å². The van der Waals surface area contributed by atoms with Gasteiger partial charge in [0.25, 0.3) is 0 Å². The summed E-state index contributed by atoms with van der Waals surface area (Å²) >= 11 is 1.40. The van der Waals surface area contributed by atoms with Crippen LogP contribution < -0.4 is 0 Å². The molecule has 0 saturated carbocycles. The Morgan fingerprint density at radius 3 is 2.79 bits per heavy atom. The van der Waals surface area contributed by atoms with Crippen LogP contribution in [-0.2, 0) is 28.5 Å². The molecule has 0 N–H and O–H groups in total. The minimum Gasteiger partial charge on any atom is -0.466 e. The highest BCUT2D eigenvalue weighted by Gasteiger charge is 2.14. The molecule has 0 amide bonds. The SMILES string of the molecule is COC(=O)/C=C/[C@@H](C/C=C/COC1CCCCO1)OC(=O)CSc1ccccc1. The number of carbonyl (C=O) groups excluding carboxylic acids is 2. The highest BCUT2D eigenvalue weighted by molar-refractivity contribution is 8.00. The van der Waals surface area contributed by atoms with Crippen LogP contribution in [-0.4, -0.2) is 50.4 Å². The molecule has 1 fully saturated rings. The molecule has 7 heteroatoms. The number of ether oxygens (including phenoxy) is 4. The highest BCUT2D eigenvalue weighted by atomic mass is 32.2. The third-order valence-corrected chi connectivity index (χ3v) is 5.07. The predicted molar refractivity (Wildman–Crippen MR) is 112 cm³/mol. The van der Waals surface area contributed by atoms with Crippen molar-refractivity contribution in [2.24, 2.45) is 0 Å². The van der Waals surface area contributed by atoms with Crippen LogP contribution in [0.3, 0.4) is 0 Å². The lowest BCUT2D eigenvalue weighted by Gasteiger charge is -2.21. The van der Waals surface area contributed by atoms with Gasteiger partial charge >= 0.3 is 11.9 Å². The van der Waals surface area contributed by atoms with Gasteiger partial charge in [-0.3, -0.25) is 4.79 Å². The maximum Gasteiger partial charge on any atom is 0.330 e. The molecule has 1 aromatic carbocycles. The Kier molecular flexibility index (Phi) is 11.2. The monoisotopic (exact) mass is 420 g/mol. The van der Waals surface area contributed by atoms with Crippen molar-refractivity contribution >= 4 is 23.7 Å². The van der Waals surface area contributed by atoms with Crippen LogP contribution in [0.4, 0.5) is 0 Å². The van der Waals surface area contributed by atoms with E-state index in [9.17, 15) is 9.59 Å². The van der Waals surface area contributed by atoms with Crippen molar-refractivity contribution in [1.82, 2.24) is 0 Å². The second kappa shape index (κ2) is 14.0. The quantitative estimate of drug-likeness (QED) is 0.233. The third kappa shape index (κ3) is 10.3. The van der Waals surface area contributed by atoms with E-state index in [0.717, 1.165) is 30.8 Å². The van der Waals surface area contributed by atoms with Crippen LogP contribution in [0.2, 0.25) is 0 Å². The molecule has 29 heavy (non-hydrogen) atoms. The first-order chi connectivity index (χ1) is 14.2. The number of benzene rings is 1. The number of thioether (sulfide) groups is 1. The Labute approximate surface area is 176 Å². The summed E-state index contributed by atoms with van der Waals surface area (Å²) in [6, 6.07) is 9.63. The number of hydrogen-bond donors (Lipinski definition) is 0. The van der Waals surface area contributed by atoms with E-state index in [2.05, 4.69) is 4.74 Å². The fraction of sp³-hybridized carbons (Fsp3) is 0.455. The van der Waals surface area contributed by atoms with Gasteiger partial charge in [-0.2, -0.15) is 0 Å². The van der Waals surface area contributed by atoms with E-state index in [1.54, 1.807) is 0 Å². The Morgan fingerprint density at radius 1 is 1.24 bits per heavy atom. The van der Waals surface area contributed by atoms with Crippen LogP contribution in [0.25, 0.3) is 0 Å². The number of methoxy groups -OCH3 is 1. The van der Waals surface area contributed by atoms with Crippen LogP contribution in [0.1, 0.15) is 25.7 Å². The number of rotatable bonds is 11. The fourth-order valence-corrected chi connectivity index (χ4v) is 3.29. The topological polar surface area (TPSA) is 71.1 Å². The van der Waals surface area contributed by atoms with Crippen molar-refractivity contribution in [3.05, 3.63) is 54.6 Å². The highest BCUT2D eigenvalue weighted by Crippen LogP contribution is 2.18. The molecule has 6 nitrogen and oxygen atoms in total. The van der Waals surface area contributed by atoms with Crippen LogP contribution >= 0.6 is 11.8 Å². The summed E-state index contributed by atoms with van der Waals surface area (Å²) in [7, 11) is 1.30. The van der Waals surface area contributed by atoms with E-state index in [-0.39, 0.29) is 18.0 Å². The van der Waals surface area contributed by atoms with Gasteiger partial charge in [0.15, 0.2) is 6.29 Å². The minimum absolute atomic E-state index is 0.142. The summed E-state index contributed by atoms with van der Waals surface area (Å²) in [6.07, 6.45) is 9.38. The second-order valence-corrected chi connectivity index (χ2v) is 7.40. The van der Waals surface area contributed by atoms with Crippen molar-refractivity contribution < 1.29 is 28.5 Å². The summed E-state index contributed by atoms with van der Waals surface area (Å²) in [4.78, 5) is 24.5. The average molecular weight is 421 g/mol. The van der Waals surface area contributed by atoms with Crippen molar-refractivity contribution in [2.45, 2.75) is 43.0 Å². The van der Waals surface area contributed by atoms with E-state index in [0.29, 0.717) is 13.0 Å². The standard InChI is InChI=1S/C22H28O6S/c1-25-20(23)14-13-18(9-5-7-15-26-22-12-6-8-16-27-22)28-21(24)17-29-19-10-3-2-4-11-19/h2-5,7,10-11,13-14,18,22H,6,8-9,12,15-17H2,1H3/b7-5+,14-13+/t18-,22?/m1/s1. The lowest BCUT2D eigenvalue weighted by Crippen LogP contribution is -2.22. The summed E-state index contributed by atoms with van der Waals surface area (Å²) in [5.74, 6) is -0.650. The van der Waals surface area contributed by atoms with Gasteiger partial charge in [0, 0.05) is 24.0 Å². The van der Waals surface area contributed by atoms with Gasteiger partial charge in [-0.15, -0.1) is 11.8 Å². The summed E-state index contributed by atoms with van der Waals surface area (Å²) < 4.78 is 21.2. The molecule has 0 aliphatic carbocycles. The first kappa shape index (κ1) is 23.2. The molecule has 1 aliphatic rings. The van der Waals surface area contributed by atoms with E-state index in [1.165, 1.54) is 31.0 Å². The molecule has 1 aliphatic heterocycles. The molecule has 0 radical (unpaired) electrons.